The standard InChI is InChI=1S/C12H12N2O4S/c1-2-18-11(15)10-8-13-12(14-10)19(16,17)9-6-4-3-5-7-9/h3-8H,2H2,1H3,(H,13,14). The number of rotatable bonds is 4. The van der Waals surface area contributed by atoms with Crippen molar-refractivity contribution in [1.82, 2.24) is 9.97 Å². The molecule has 0 bridgehead atoms. The Bertz CT molecular complexity index is 677. The number of benzene rings is 1. The summed E-state index contributed by atoms with van der Waals surface area (Å²) in [5, 5.41) is -0.276. The smallest absolute Gasteiger partial charge is 0.356 e. The van der Waals surface area contributed by atoms with Crippen LogP contribution in [0.1, 0.15) is 17.4 Å². The number of nitrogens with one attached hydrogen (secondary N) is 1. The lowest BCUT2D eigenvalue weighted by atomic mass is 10.4. The van der Waals surface area contributed by atoms with Gasteiger partial charge in [-0.05, 0) is 19.1 Å². The summed E-state index contributed by atoms with van der Waals surface area (Å²) in [6, 6.07) is 7.86. The summed E-state index contributed by atoms with van der Waals surface area (Å²) in [6.07, 6.45) is 1.15. The number of ether oxygens (including phenoxy) is 1. The second kappa shape index (κ2) is 5.23. The van der Waals surface area contributed by atoms with Gasteiger partial charge in [0.2, 0.25) is 15.0 Å². The minimum Gasteiger partial charge on any atom is -0.461 e. The van der Waals surface area contributed by atoms with E-state index < -0.39 is 15.8 Å². The Kier molecular flexibility index (Phi) is 3.66. The van der Waals surface area contributed by atoms with Gasteiger partial charge in [0.1, 0.15) is 5.69 Å². The molecule has 0 aliphatic heterocycles. The number of H-pyrrole nitrogens is 1. The van der Waals surface area contributed by atoms with Gasteiger partial charge in [-0.25, -0.2) is 18.2 Å². The maximum atomic E-state index is 12.2. The normalized spacial score (nSPS) is 11.2. The Morgan fingerprint density at radius 3 is 2.63 bits per heavy atom. The van der Waals surface area contributed by atoms with E-state index in [0.717, 1.165) is 6.20 Å². The topological polar surface area (TPSA) is 89.1 Å². The summed E-state index contributed by atoms with van der Waals surface area (Å²) < 4.78 is 29.1. The molecule has 0 aliphatic rings. The van der Waals surface area contributed by atoms with Crippen LogP contribution in [0.3, 0.4) is 0 Å². The van der Waals surface area contributed by atoms with Crippen molar-refractivity contribution in [3.63, 3.8) is 0 Å². The van der Waals surface area contributed by atoms with E-state index in [4.69, 9.17) is 4.74 Å². The monoisotopic (exact) mass is 280 g/mol. The maximum absolute atomic E-state index is 12.2. The summed E-state index contributed by atoms with van der Waals surface area (Å²) in [4.78, 5) is 17.7. The van der Waals surface area contributed by atoms with Crippen LogP contribution in [0.25, 0.3) is 0 Å². The predicted octanol–water partition coefficient (Wildman–Crippen LogP) is 1.42. The minimum atomic E-state index is -3.74. The van der Waals surface area contributed by atoms with Gasteiger partial charge in [0.15, 0.2) is 0 Å². The number of carbonyl (C=O) groups is 1. The highest BCUT2D eigenvalue weighted by Crippen LogP contribution is 2.17. The molecular weight excluding hydrogens is 268 g/mol. The molecule has 100 valence electrons. The van der Waals surface area contributed by atoms with Gasteiger partial charge in [0.25, 0.3) is 0 Å². The highest BCUT2D eigenvalue weighted by molar-refractivity contribution is 7.91. The lowest BCUT2D eigenvalue weighted by Crippen LogP contribution is -2.07. The van der Waals surface area contributed by atoms with Gasteiger partial charge in [0.05, 0.1) is 17.7 Å². The Balaban J connectivity index is 2.36. The third-order valence-corrected chi connectivity index (χ3v) is 3.97. The number of sulfone groups is 1. The Hall–Kier alpha value is -2.15. The first-order chi connectivity index (χ1) is 9.05. The number of hydrogen-bond donors (Lipinski definition) is 1. The van der Waals surface area contributed by atoms with Gasteiger partial charge in [-0.2, -0.15) is 0 Å². The first kappa shape index (κ1) is 13.3. The highest BCUT2D eigenvalue weighted by Gasteiger charge is 2.22. The first-order valence-corrected chi connectivity index (χ1v) is 7.06. The van der Waals surface area contributed by atoms with E-state index in [-0.39, 0.29) is 22.4 Å². The number of esters is 1. The van der Waals surface area contributed by atoms with E-state index in [1.807, 2.05) is 0 Å². The fourth-order valence-corrected chi connectivity index (χ4v) is 2.64. The van der Waals surface area contributed by atoms with Crippen molar-refractivity contribution < 1.29 is 17.9 Å². The molecule has 2 rings (SSSR count). The minimum absolute atomic E-state index is 0.0105. The van der Waals surface area contributed by atoms with E-state index in [0.29, 0.717) is 0 Å². The van der Waals surface area contributed by atoms with Crippen LogP contribution in [0.2, 0.25) is 0 Å². The maximum Gasteiger partial charge on any atom is 0.356 e. The number of carbonyl (C=O) groups excluding carboxylic acids is 1. The van der Waals surface area contributed by atoms with Crippen LogP contribution >= 0.6 is 0 Å². The van der Waals surface area contributed by atoms with Crippen molar-refractivity contribution in [3.8, 4) is 0 Å². The molecular formula is C12H12N2O4S. The van der Waals surface area contributed by atoms with Crippen molar-refractivity contribution in [2.75, 3.05) is 6.61 Å². The lowest BCUT2D eigenvalue weighted by molar-refractivity contribution is 0.0519. The molecule has 19 heavy (non-hydrogen) atoms. The molecule has 2 aromatic rings. The fourth-order valence-electron chi connectivity index (χ4n) is 1.46. The average Bonchev–Trinajstić information content (AvgIpc) is 2.90. The zero-order valence-corrected chi connectivity index (χ0v) is 11.0. The summed E-state index contributed by atoms with van der Waals surface area (Å²) in [7, 11) is -3.74. The van der Waals surface area contributed by atoms with Crippen LogP contribution in [0.15, 0.2) is 46.6 Å². The van der Waals surface area contributed by atoms with Gasteiger partial charge >= 0.3 is 5.97 Å². The van der Waals surface area contributed by atoms with Crippen LogP contribution in [0.5, 0.6) is 0 Å². The summed E-state index contributed by atoms with van der Waals surface area (Å²) in [5.74, 6) is -0.635. The molecule has 0 aliphatic carbocycles. The van der Waals surface area contributed by atoms with Crippen LogP contribution in [-0.4, -0.2) is 31.0 Å². The summed E-state index contributed by atoms with van der Waals surface area (Å²) >= 11 is 0. The molecule has 1 heterocycles. The third-order valence-electron chi connectivity index (χ3n) is 2.36. The molecule has 7 heteroatoms. The first-order valence-electron chi connectivity index (χ1n) is 5.58. The van der Waals surface area contributed by atoms with Crippen LogP contribution in [-0.2, 0) is 14.6 Å². The van der Waals surface area contributed by atoms with Gasteiger partial charge in [0, 0.05) is 0 Å². The van der Waals surface area contributed by atoms with E-state index in [1.165, 1.54) is 12.1 Å². The lowest BCUT2D eigenvalue weighted by Gasteiger charge is -2.00. The molecule has 1 N–H and O–H groups in total. The Morgan fingerprint density at radius 1 is 1.32 bits per heavy atom. The van der Waals surface area contributed by atoms with Crippen LogP contribution < -0.4 is 0 Å². The van der Waals surface area contributed by atoms with Gasteiger partial charge in [-0.3, -0.25) is 0 Å². The zero-order chi connectivity index (χ0) is 13.9. The molecule has 0 fully saturated rings. The number of imidazole rings is 1. The van der Waals surface area contributed by atoms with E-state index in [1.54, 1.807) is 25.1 Å². The second-order valence-corrected chi connectivity index (χ2v) is 5.50. The number of nitrogens with zero attached hydrogens (tertiary/aromatic N) is 1. The largest absolute Gasteiger partial charge is 0.461 e. The average molecular weight is 280 g/mol. The fraction of sp³-hybridized carbons (Fsp3) is 0.167. The molecule has 0 atom stereocenters. The van der Waals surface area contributed by atoms with Gasteiger partial charge in [-0.15, -0.1) is 0 Å². The number of hydrogen-bond acceptors (Lipinski definition) is 5. The quantitative estimate of drug-likeness (QED) is 0.855. The molecule has 0 amide bonds. The summed E-state index contributed by atoms with van der Waals surface area (Å²) in [6.45, 7) is 1.87. The molecule has 0 saturated carbocycles. The molecule has 0 radical (unpaired) electrons. The third kappa shape index (κ3) is 2.65. The number of aromatic amines is 1. The second-order valence-electron chi connectivity index (χ2n) is 3.64. The SMILES string of the molecule is CCOC(=O)c1cnc(S(=O)(=O)c2ccccc2)[nH]1. The van der Waals surface area contributed by atoms with E-state index in [2.05, 4.69) is 9.97 Å². The molecule has 1 aromatic carbocycles. The van der Waals surface area contributed by atoms with Crippen molar-refractivity contribution >= 4 is 15.8 Å². The van der Waals surface area contributed by atoms with Crippen molar-refractivity contribution in [1.29, 1.82) is 0 Å². The molecule has 0 unspecified atom stereocenters. The Morgan fingerprint density at radius 2 is 2.00 bits per heavy atom. The molecule has 1 aromatic heterocycles. The molecule has 0 spiro atoms. The van der Waals surface area contributed by atoms with Crippen LogP contribution in [0.4, 0.5) is 0 Å². The van der Waals surface area contributed by atoms with Gasteiger partial charge in [-0.1, -0.05) is 18.2 Å². The van der Waals surface area contributed by atoms with Crippen LogP contribution in [0, 0.1) is 0 Å². The Labute approximate surface area is 110 Å². The summed E-state index contributed by atoms with van der Waals surface area (Å²) in [5.41, 5.74) is 0.0105. The number of aromatic nitrogens is 2. The molecule has 6 nitrogen and oxygen atoms in total. The van der Waals surface area contributed by atoms with E-state index >= 15 is 0 Å². The predicted molar refractivity (Wildman–Crippen MR) is 66.4 cm³/mol. The van der Waals surface area contributed by atoms with Crippen molar-refractivity contribution in [2.24, 2.45) is 0 Å². The highest BCUT2D eigenvalue weighted by atomic mass is 32.2. The molecule has 0 saturated heterocycles. The van der Waals surface area contributed by atoms with Gasteiger partial charge < -0.3 is 9.72 Å². The van der Waals surface area contributed by atoms with E-state index in [9.17, 15) is 13.2 Å². The zero-order valence-electron chi connectivity index (χ0n) is 10.2. The van der Waals surface area contributed by atoms with Crippen molar-refractivity contribution in [3.05, 3.63) is 42.2 Å². The van der Waals surface area contributed by atoms with Crippen molar-refractivity contribution in [2.45, 2.75) is 17.0 Å².